The van der Waals surface area contributed by atoms with E-state index >= 15 is 0 Å². The Morgan fingerprint density at radius 1 is 1.03 bits per heavy atom. The van der Waals surface area contributed by atoms with Gasteiger partial charge in [0, 0.05) is 17.3 Å². The molecule has 0 aliphatic heterocycles. The molecule has 3 aromatic rings. The summed E-state index contributed by atoms with van der Waals surface area (Å²) in [5.74, 6) is -3.92. The fourth-order valence-electron chi connectivity index (χ4n) is 3.34. The van der Waals surface area contributed by atoms with E-state index in [1.54, 1.807) is 13.0 Å². The number of rotatable bonds is 9. The first kappa shape index (κ1) is 23.9. The Kier molecular flexibility index (Phi) is 7.74. The number of nitrogens with one attached hydrogen (secondary N) is 1. The Bertz CT molecular complexity index is 1170. The highest BCUT2D eigenvalue weighted by Crippen LogP contribution is 2.23. The molecule has 1 heterocycles. The number of halogens is 1. The van der Waals surface area contributed by atoms with Gasteiger partial charge in [0.2, 0.25) is 5.82 Å². The van der Waals surface area contributed by atoms with Gasteiger partial charge in [0.15, 0.2) is 5.69 Å². The molecule has 170 valence electrons. The summed E-state index contributed by atoms with van der Waals surface area (Å²) in [5, 5.41) is 21.8. The minimum absolute atomic E-state index is 0.176. The van der Waals surface area contributed by atoms with Crippen LogP contribution in [0, 0.1) is 5.92 Å². The molecule has 3 rings (SSSR count). The third-order valence-electron chi connectivity index (χ3n) is 5.07. The number of aromatic nitrogens is 2. The molecule has 1 unspecified atom stereocenters. The van der Waals surface area contributed by atoms with E-state index in [1.165, 1.54) is 12.3 Å². The number of amides is 1. The molecule has 0 saturated heterocycles. The van der Waals surface area contributed by atoms with Crippen LogP contribution in [0.2, 0.25) is 5.02 Å². The Morgan fingerprint density at radius 3 is 2.39 bits per heavy atom. The van der Waals surface area contributed by atoms with E-state index in [4.69, 9.17) is 16.7 Å². The van der Waals surface area contributed by atoms with Crippen molar-refractivity contribution in [2.24, 2.45) is 5.92 Å². The summed E-state index contributed by atoms with van der Waals surface area (Å²) in [4.78, 5) is 42.7. The summed E-state index contributed by atoms with van der Waals surface area (Å²) in [5.41, 5.74) is 2.53. The lowest BCUT2D eigenvalue weighted by Crippen LogP contribution is -2.39. The van der Waals surface area contributed by atoms with Gasteiger partial charge in [0.1, 0.15) is 0 Å². The molecule has 2 aromatic carbocycles. The van der Waals surface area contributed by atoms with Crippen molar-refractivity contribution in [2.75, 3.05) is 0 Å². The van der Waals surface area contributed by atoms with Gasteiger partial charge in [-0.2, -0.15) is 0 Å². The van der Waals surface area contributed by atoms with E-state index in [9.17, 15) is 19.5 Å². The fraction of sp³-hybridized carbons (Fsp3) is 0.208. The van der Waals surface area contributed by atoms with Crippen molar-refractivity contribution < 1.29 is 24.6 Å². The smallest absolute Gasteiger partial charge is 0.354 e. The molecule has 0 bridgehead atoms. The molecule has 0 saturated carbocycles. The molecule has 0 spiro atoms. The van der Waals surface area contributed by atoms with Crippen molar-refractivity contribution >= 4 is 29.4 Å². The monoisotopic (exact) mass is 467 g/mol. The first-order valence-electron chi connectivity index (χ1n) is 10.2. The van der Waals surface area contributed by atoms with E-state index in [2.05, 4.69) is 15.3 Å². The number of benzene rings is 2. The van der Waals surface area contributed by atoms with Gasteiger partial charge in [-0.25, -0.2) is 14.8 Å². The lowest BCUT2D eigenvalue weighted by atomic mass is 9.95. The first-order chi connectivity index (χ1) is 15.7. The zero-order valence-corrected chi connectivity index (χ0v) is 18.5. The largest absolute Gasteiger partial charge is 0.481 e. The standard InChI is InChI=1S/C24H22ClN3O5/c1-14(23(30)31)11-19(27-22(29)21-26-10-9-20(28-21)24(32)33)12-15-5-7-16(8-6-15)17-3-2-4-18(25)13-17/h2-10,13-14,19H,11-12H2,1H3,(H,27,29)(H,30,31)(H,32,33)/t14-,19?/m1/s1. The van der Waals surface area contributed by atoms with Gasteiger partial charge in [-0.1, -0.05) is 54.9 Å². The molecular formula is C24H22ClN3O5. The number of hydrogen-bond acceptors (Lipinski definition) is 5. The molecule has 3 N–H and O–H groups in total. The molecular weight excluding hydrogens is 446 g/mol. The second-order valence-electron chi connectivity index (χ2n) is 7.63. The van der Waals surface area contributed by atoms with Gasteiger partial charge in [0.25, 0.3) is 5.91 Å². The van der Waals surface area contributed by atoms with Crippen molar-refractivity contribution in [2.45, 2.75) is 25.8 Å². The Morgan fingerprint density at radius 2 is 1.76 bits per heavy atom. The lowest BCUT2D eigenvalue weighted by Gasteiger charge is -2.21. The van der Waals surface area contributed by atoms with Crippen LogP contribution in [0.25, 0.3) is 11.1 Å². The summed E-state index contributed by atoms with van der Waals surface area (Å²) >= 11 is 6.06. The number of nitrogens with zero attached hydrogens (tertiary/aromatic N) is 2. The highest BCUT2D eigenvalue weighted by Gasteiger charge is 2.22. The Labute approximate surface area is 195 Å². The van der Waals surface area contributed by atoms with Gasteiger partial charge >= 0.3 is 11.9 Å². The molecule has 1 aromatic heterocycles. The summed E-state index contributed by atoms with van der Waals surface area (Å²) in [6.45, 7) is 1.56. The molecule has 9 heteroatoms. The van der Waals surface area contributed by atoms with Crippen LogP contribution < -0.4 is 5.32 Å². The molecule has 33 heavy (non-hydrogen) atoms. The number of carboxylic acids is 2. The van der Waals surface area contributed by atoms with E-state index in [1.807, 2.05) is 42.5 Å². The van der Waals surface area contributed by atoms with Crippen LogP contribution >= 0.6 is 11.6 Å². The SMILES string of the molecule is C[C@H](CC(Cc1ccc(-c2cccc(Cl)c2)cc1)NC(=O)c1nccc(C(=O)O)n1)C(=O)O. The van der Waals surface area contributed by atoms with E-state index < -0.39 is 29.8 Å². The number of carboxylic acid groups (broad SMARTS) is 2. The van der Waals surface area contributed by atoms with Crippen LogP contribution in [0.4, 0.5) is 0 Å². The second-order valence-corrected chi connectivity index (χ2v) is 8.06. The number of carbonyl (C=O) groups is 3. The normalized spacial score (nSPS) is 12.5. The zero-order chi connectivity index (χ0) is 24.0. The summed E-state index contributed by atoms with van der Waals surface area (Å²) in [7, 11) is 0. The minimum atomic E-state index is -1.28. The molecule has 0 radical (unpaired) electrons. The number of aromatic carboxylic acids is 1. The van der Waals surface area contributed by atoms with Crippen LogP contribution in [0.1, 0.15) is 40.0 Å². The summed E-state index contributed by atoms with van der Waals surface area (Å²) < 4.78 is 0. The van der Waals surface area contributed by atoms with Crippen molar-refractivity contribution in [3.05, 3.63) is 82.9 Å². The van der Waals surface area contributed by atoms with Gasteiger partial charge in [-0.15, -0.1) is 0 Å². The predicted octanol–water partition coefficient (Wildman–Crippen LogP) is 3.95. The quantitative estimate of drug-likeness (QED) is 0.434. The number of aliphatic carboxylic acids is 1. The fourth-order valence-corrected chi connectivity index (χ4v) is 3.53. The first-order valence-corrected chi connectivity index (χ1v) is 10.6. The maximum atomic E-state index is 12.7. The van der Waals surface area contributed by atoms with Gasteiger partial charge in [0.05, 0.1) is 5.92 Å². The van der Waals surface area contributed by atoms with Gasteiger partial charge < -0.3 is 15.5 Å². The van der Waals surface area contributed by atoms with Crippen LogP contribution in [0.3, 0.4) is 0 Å². The molecule has 2 atom stereocenters. The van der Waals surface area contributed by atoms with E-state index in [0.29, 0.717) is 11.4 Å². The van der Waals surface area contributed by atoms with Gasteiger partial charge in [-0.05, 0) is 47.7 Å². The molecule has 0 aliphatic carbocycles. The van der Waals surface area contributed by atoms with Crippen LogP contribution in [0.5, 0.6) is 0 Å². The Balaban J connectivity index is 1.77. The topological polar surface area (TPSA) is 129 Å². The molecule has 8 nitrogen and oxygen atoms in total. The van der Waals surface area contributed by atoms with E-state index in [-0.39, 0.29) is 17.9 Å². The number of carbonyl (C=O) groups excluding carboxylic acids is 1. The molecule has 0 aliphatic rings. The van der Waals surface area contributed by atoms with Crippen molar-refractivity contribution in [1.82, 2.24) is 15.3 Å². The van der Waals surface area contributed by atoms with E-state index in [0.717, 1.165) is 16.7 Å². The summed E-state index contributed by atoms with van der Waals surface area (Å²) in [6, 6.07) is 15.8. The zero-order valence-electron chi connectivity index (χ0n) is 17.7. The molecule has 1 amide bonds. The van der Waals surface area contributed by atoms with Crippen LogP contribution in [-0.4, -0.2) is 44.1 Å². The highest BCUT2D eigenvalue weighted by atomic mass is 35.5. The third kappa shape index (κ3) is 6.60. The summed E-state index contributed by atoms with van der Waals surface area (Å²) in [6.07, 6.45) is 1.74. The Hall–Kier alpha value is -3.78. The lowest BCUT2D eigenvalue weighted by molar-refractivity contribution is -0.141. The van der Waals surface area contributed by atoms with Crippen molar-refractivity contribution in [3.8, 4) is 11.1 Å². The van der Waals surface area contributed by atoms with Crippen molar-refractivity contribution in [1.29, 1.82) is 0 Å². The van der Waals surface area contributed by atoms with Crippen molar-refractivity contribution in [3.63, 3.8) is 0 Å². The average Bonchev–Trinajstić information content (AvgIpc) is 2.79. The van der Waals surface area contributed by atoms with Crippen LogP contribution in [0.15, 0.2) is 60.8 Å². The highest BCUT2D eigenvalue weighted by molar-refractivity contribution is 6.30. The second kappa shape index (κ2) is 10.7. The maximum Gasteiger partial charge on any atom is 0.354 e. The maximum absolute atomic E-state index is 12.7. The average molecular weight is 468 g/mol. The third-order valence-corrected chi connectivity index (χ3v) is 5.30. The molecule has 0 fully saturated rings. The van der Waals surface area contributed by atoms with Crippen LogP contribution in [-0.2, 0) is 11.2 Å². The number of hydrogen-bond donors (Lipinski definition) is 3. The predicted molar refractivity (Wildman–Crippen MR) is 122 cm³/mol. The van der Waals surface area contributed by atoms with Gasteiger partial charge in [-0.3, -0.25) is 9.59 Å². The minimum Gasteiger partial charge on any atom is -0.481 e.